The zero-order chi connectivity index (χ0) is 24.6. The fourth-order valence-electron chi connectivity index (χ4n) is 5.20. The Hall–Kier alpha value is -2.24. The van der Waals surface area contributed by atoms with Gasteiger partial charge in [0, 0.05) is 62.1 Å². The van der Waals surface area contributed by atoms with Gasteiger partial charge in [-0.3, -0.25) is 9.69 Å². The van der Waals surface area contributed by atoms with Gasteiger partial charge < -0.3 is 19.9 Å². The number of rotatable bonds is 5. The van der Waals surface area contributed by atoms with E-state index in [4.69, 9.17) is 4.74 Å². The Kier molecular flexibility index (Phi) is 7.00. The molecular weight excluding hydrogens is 479 g/mol. The zero-order valence-electron chi connectivity index (χ0n) is 19.7. The van der Waals surface area contributed by atoms with Gasteiger partial charge in [0.1, 0.15) is 17.0 Å². The van der Waals surface area contributed by atoms with Crippen LogP contribution in [0.2, 0.25) is 0 Å². The van der Waals surface area contributed by atoms with Crippen molar-refractivity contribution in [2.24, 2.45) is 0 Å². The number of carbonyl (C=O) groups excluding carboxylic acids is 1. The van der Waals surface area contributed by atoms with Crippen LogP contribution in [0, 0.1) is 0 Å². The molecule has 1 N–H and O–H groups in total. The number of hydrogen-bond acceptors (Lipinski definition) is 7. The first-order valence-electron chi connectivity index (χ1n) is 12.1. The van der Waals surface area contributed by atoms with Crippen molar-refractivity contribution >= 4 is 34.3 Å². The fraction of sp³-hybridized carbons (Fsp3) is 0.583. The smallest absolute Gasteiger partial charge is 0.433 e. The summed E-state index contributed by atoms with van der Waals surface area (Å²) in [5, 5.41) is 4.05. The van der Waals surface area contributed by atoms with Gasteiger partial charge in [-0.2, -0.15) is 13.2 Å². The predicted molar refractivity (Wildman–Crippen MR) is 131 cm³/mol. The Morgan fingerprint density at radius 1 is 1.23 bits per heavy atom. The van der Waals surface area contributed by atoms with Crippen LogP contribution in [-0.2, 0) is 11.0 Å². The number of pyridine rings is 1. The number of benzene rings is 1. The second-order valence-electron chi connectivity index (χ2n) is 9.12. The minimum absolute atomic E-state index is 0.146. The lowest BCUT2D eigenvalue weighted by Gasteiger charge is -2.39. The van der Waals surface area contributed by atoms with Crippen molar-refractivity contribution < 1.29 is 22.7 Å². The lowest BCUT2D eigenvalue weighted by atomic mass is 10.1. The molecule has 1 aromatic carbocycles. The van der Waals surface area contributed by atoms with Gasteiger partial charge in [0.2, 0.25) is 5.91 Å². The van der Waals surface area contributed by atoms with Gasteiger partial charge in [-0.1, -0.05) is 12.1 Å². The number of nitrogens with zero attached hydrogens (tertiary/aromatic N) is 4. The van der Waals surface area contributed by atoms with E-state index in [1.165, 1.54) is 0 Å². The first-order valence-corrected chi connectivity index (χ1v) is 13.2. The van der Waals surface area contributed by atoms with Crippen molar-refractivity contribution in [3.8, 4) is 5.75 Å². The maximum atomic E-state index is 13.7. The quantitative estimate of drug-likeness (QED) is 0.665. The summed E-state index contributed by atoms with van der Waals surface area (Å²) in [6, 6.07) is 6.53. The molecule has 2 atom stereocenters. The molecule has 1 amide bonds. The average molecular weight is 510 g/mol. The van der Waals surface area contributed by atoms with Crippen LogP contribution in [0.15, 0.2) is 24.3 Å². The molecule has 4 heterocycles. The number of alkyl halides is 3. The lowest BCUT2D eigenvalue weighted by Crippen LogP contribution is -2.51. The third-order valence-corrected chi connectivity index (χ3v) is 7.98. The molecule has 3 saturated heterocycles. The van der Waals surface area contributed by atoms with Gasteiger partial charge in [-0.05, 0) is 25.5 Å². The normalized spacial score (nSPS) is 23.9. The standard InChI is InChI=1S/C24H30F3N5O2S/c1-2-34-20-5-3-4-17-19(13-21(24(25,26)27)29-22(17)20)31-8-6-30(7-9-31)16-12-18(28-14-16)23(33)32-10-11-35-15-32/h3-5,13,16,18,28H,2,6-12,14-15H2,1H3/t16-,18-/m0/s1. The van der Waals surface area contributed by atoms with Gasteiger partial charge in [-0.15, -0.1) is 11.8 Å². The van der Waals surface area contributed by atoms with E-state index in [1.54, 1.807) is 36.9 Å². The fourth-order valence-corrected chi connectivity index (χ4v) is 6.16. The van der Waals surface area contributed by atoms with Crippen molar-refractivity contribution in [3.05, 3.63) is 30.0 Å². The molecule has 0 unspecified atom stereocenters. The van der Waals surface area contributed by atoms with Crippen LogP contribution in [0.4, 0.5) is 18.9 Å². The molecule has 190 valence electrons. The number of anilines is 1. The maximum Gasteiger partial charge on any atom is 0.433 e. The summed E-state index contributed by atoms with van der Waals surface area (Å²) in [5.41, 5.74) is -0.133. The summed E-state index contributed by atoms with van der Waals surface area (Å²) in [5.74, 6) is 2.31. The highest BCUT2D eigenvalue weighted by atomic mass is 32.2. The van der Waals surface area contributed by atoms with Gasteiger partial charge in [0.25, 0.3) is 0 Å². The van der Waals surface area contributed by atoms with Crippen molar-refractivity contribution in [2.75, 3.05) is 62.4 Å². The Balaban J connectivity index is 1.31. The number of piperazine rings is 1. The van der Waals surface area contributed by atoms with Crippen LogP contribution in [0.1, 0.15) is 19.0 Å². The minimum atomic E-state index is -4.55. The van der Waals surface area contributed by atoms with Crippen LogP contribution in [0.25, 0.3) is 10.9 Å². The zero-order valence-corrected chi connectivity index (χ0v) is 20.5. The third-order valence-electron chi connectivity index (χ3n) is 7.01. The molecule has 2 aromatic rings. The monoisotopic (exact) mass is 509 g/mol. The van der Waals surface area contributed by atoms with Crippen molar-refractivity contribution in [1.29, 1.82) is 0 Å². The van der Waals surface area contributed by atoms with Crippen LogP contribution in [0.3, 0.4) is 0 Å². The molecule has 11 heteroatoms. The average Bonchev–Trinajstić information content (AvgIpc) is 3.56. The molecule has 0 saturated carbocycles. The topological polar surface area (TPSA) is 60.9 Å². The summed E-state index contributed by atoms with van der Waals surface area (Å²) in [4.78, 5) is 23.0. The minimum Gasteiger partial charge on any atom is -0.492 e. The molecular formula is C24H30F3N5O2S. The van der Waals surface area contributed by atoms with Crippen molar-refractivity contribution in [1.82, 2.24) is 20.1 Å². The molecule has 1 aromatic heterocycles. The second kappa shape index (κ2) is 10.0. The van der Waals surface area contributed by atoms with E-state index < -0.39 is 11.9 Å². The summed E-state index contributed by atoms with van der Waals surface area (Å²) in [6.07, 6.45) is -3.77. The van der Waals surface area contributed by atoms with E-state index in [-0.39, 0.29) is 23.5 Å². The van der Waals surface area contributed by atoms with E-state index in [0.29, 0.717) is 36.5 Å². The third kappa shape index (κ3) is 5.03. The van der Waals surface area contributed by atoms with Crippen LogP contribution >= 0.6 is 11.8 Å². The molecule has 0 aliphatic carbocycles. The highest BCUT2D eigenvalue weighted by molar-refractivity contribution is 7.99. The number of thioether (sulfide) groups is 1. The van der Waals surface area contributed by atoms with Crippen LogP contribution in [-0.4, -0.2) is 90.3 Å². The van der Waals surface area contributed by atoms with E-state index >= 15 is 0 Å². The number of nitrogens with one attached hydrogen (secondary N) is 1. The highest BCUT2D eigenvalue weighted by Crippen LogP contribution is 2.38. The number of halogens is 3. The van der Waals surface area contributed by atoms with E-state index in [0.717, 1.165) is 50.3 Å². The number of para-hydroxylation sites is 1. The molecule has 5 rings (SSSR count). The first kappa shape index (κ1) is 24.5. The molecule has 3 aliphatic heterocycles. The Labute approximate surface area is 207 Å². The number of amides is 1. The summed E-state index contributed by atoms with van der Waals surface area (Å²) < 4.78 is 46.7. The number of fused-ring (bicyclic) bond motifs is 1. The molecule has 0 bridgehead atoms. The number of carbonyl (C=O) groups is 1. The van der Waals surface area contributed by atoms with Gasteiger partial charge in [0.05, 0.1) is 18.5 Å². The van der Waals surface area contributed by atoms with Crippen LogP contribution < -0.4 is 15.0 Å². The summed E-state index contributed by atoms with van der Waals surface area (Å²) in [6.45, 7) is 6.38. The molecule has 3 fully saturated rings. The molecule has 0 spiro atoms. The molecule has 0 radical (unpaired) electrons. The Morgan fingerprint density at radius 3 is 2.71 bits per heavy atom. The molecule has 7 nitrogen and oxygen atoms in total. The summed E-state index contributed by atoms with van der Waals surface area (Å²) >= 11 is 1.78. The largest absolute Gasteiger partial charge is 0.492 e. The van der Waals surface area contributed by atoms with Crippen LogP contribution in [0.5, 0.6) is 5.75 Å². The van der Waals surface area contributed by atoms with Gasteiger partial charge >= 0.3 is 6.18 Å². The number of aromatic nitrogens is 1. The van der Waals surface area contributed by atoms with Crippen molar-refractivity contribution in [3.63, 3.8) is 0 Å². The molecule has 3 aliphatic rings. The SMILES string of the molecule is CCOc1cccc2c(N3CCN([C@@H]4CN[C@H](C(=O)N5CCSC5)C4)CC3)cc(C(F)(F)F)nc12. The Morgan fingerprint density at radius 2 is 2.03 bits per heavy atom. The number of hydrogen-bond donors (Lipinski definition) is 1. The lowest BCUT2D eigenvalue weighted by molar-refractivity contribution is -0.141. The van der Waals surface area contributed by atoms with E-state index in [9.17, 15) is 18.0 Å². The van der Waals surface area contributed by atoms with Crippen molar-refractivity contribution in [2.45, 2.75) is 31.6 Å². The van der Waals surface area contributed by atoms with E-state index in [1.807, 2.05) is 9.80 Å². The van der Waals surface area contributed by atoms with E-state index in [2.05, 4.69) is 15.2 Å². The molecule has 35 heavy (non-hydrogen) atoms. The first-order chi connectivity index (χ1) is 16.8. The maximum absolute atomic E-state index is 13.7. The van der Waals surface area contributed by atoms with Gasteiger partial charge in [0.15, 0.2) is 0 Å². The highest BCUT2D eigenvalue weighted by Gasteiger charge is 2.38. The number of ether oxygens (including phenoxy) is 1. The predicted octanol–water partition coefficient (Wildman–Crippen LogP) is 3.04. The summed E-state index contributed by atoms with van der Waals surface area (Å²) in [7, 11) is 0. The van der Waals surface area contributed by atoms with Gasteiger partial charge in [-0.25, -0.2) is 4.98 Å². The Bertz CT molecular complexity index is 1070. The second-order valence-corrected chi connectivity index (χ2v) is 10.2.